The lowest BCUT2D eigenvalue weighted by Crippen LogP contribution is -2.32. The van der Waals surface area contributed by atoms with Crippen LogP contribution in [0.25, 0.3) is 0 Å². The van der Waals surface area contributed by atoms with E-state index >= 15 is 0 Å². The van der Waals surface area contributed by atoms with Crippen molar-refractivity contribution in [2.24, 2.45) is 5.10 Å². The summed E-state index contributed by atoms with van der Waals surface area (Å²) in [5.74, 6) is -1.93. The average molecular weight is 531 g/mol. The summed E-state index contributed by atoms with van der Waals surface area (Å²) in [6, 6.07) is 18.0. The molecule has 3 aromatic rings. The number of nitrogens with zero attached hydrogens (tertiary/aromatic N) is 1. The molecule has 3 aromatic carbocycles. The number of hydrazone groups is 1. The van der Waals surface area contributed by atoms with Crippen LogP contribution in [0.4, 0.5) is 5.69 Å². The Morgan fingerprint density at radius 1 is 0.970 bits per heavy atom. The molecular formula is C23H17BrClN3O5. The average Bonchev–Trinajstić information content (AvgIpc) is 2.80. The molecule has 0 aliphatic rings. The lowest BCUT2D eigenvalue weighted by molar-refractivity contribution is -0.136. The van der Waals surface area contributed by atoms with Crippen LogP contribution in [0.15, 0.2) is 76.3 Å². The third kappa shape index (κ3) is 6.64. The zero-order chi connectivity index (χ0) is 23.8. The van der Waals surface area contributed by atoms with Crippen LogP contribution in [0.5, 0.6) is 11.5 Å². The fourth-order valence-corrected chi connectivity index (χ4v) is 3.24. The van der Waals surface area contributed by atoms with E-state index in [-0.39, 0.29) is 11.5 Å². The smallest absolute Gasteiger partial charge is 0.344 e. The number of anilines is 1. The van der Waals surface area contributed by atoms with E-state index in [0.29, 0.717) is 26.3 Å². The highest BCUT2D eigenvalue weighted by molar-refractivity contribution is 9.10. The molecule has 3 rings (SSSR count). The van der Waals surface area contributed by atoms with Crippen LogP contribution in [0.3, 0.4) is 0 Å². The van der Waals surface area contributed by atoms with Crippen molar-refractivity contribution in [2.75, 3.05) is 12.4 Å². The van der Waals surface area contributed by atoms with Crippen LogP contribution >= 0.6 is 27.5 Å². The van der Waals surface area contributed by atoms with Gasteiger partial charge in [-0.2, -0.15) is 5.10 Å². The quantitative estimate of drug-likeness (QED) is 0.161. The molecule has 0 aliphatic heterocycles. The van der Waals surface area contributed by atoms with E-state index < -0.39 is 17.8 Å². The third-order valence-corrected chi connectivity index (χ3v) is 5.08. The first-order valence-electron chi connectivity index (χ1n) is 9.42. The highest BCUT2D eigenvalue weighted by Crippen LogP contribution is 2.29. The molecule has 0 aliphatic carbocycles. The Kier molecular flexibility index (Phi) is 8.17. The Hall–Kier alpha value is -3.69. The molecule has 0 fully saturated rings. The fourth-order valence-electron chi connectivity index (χ4n) is 2.60. The summed E-state index contributed by atoms with van der Waals surface area (Å²) < 4.78 is 11.3. The van der Waals surface area contributed by atoms with Crippen LogP contribution in [0.1, 0.15) is 15.9 Å². The number of hydrogen-bond acceptors (Lipinski definition) is 6. The monoisotopic (exact) mass is 529 g/mol. The summed E-state index contributed by atoms with van der Waals surface area (Å²) >= 11 is 9.16. The van der Waals surface area contributed by atoms with Gasteiger partial charge >= 0.3 is 17.8 Å². The number of carbonyl (C=O) groups is 3. The summed E-state index contributed by atoms with van der Waals surface area (Å²) in [6.07, 6.45) is 1.31. The topological polar surface area (TPSA) is 106 Å². The van der Waals surface area contributed by atoms with E-state index in [4.69, 9.17) is 21.1 Å². The van der Waals surface area contributed by atoms with Crippen LogP contribution in [-0.4, -0.2) is 31.1 Å². The molecule has 10 heteroatoms. The minimum absolute atomic E-state index is 0.209. The molecule has 0 saturated heterocycles. The van der Waals surface area contributed by atoms with Gasteiger partial charge in [0.2, 0.25) is 0 Å². The van der Waals surface area contributed by atoms with E-state index in [0.717, 1.165) is 0 Å². The van der Waals surface area contributed by atoms with E-state index in [1.807, 2.05) is 0 Å². The van der Waals surface area contributed by atoms with Gasteiger partial charge in [-0.3, -0.25) is 9.59 Å². The van der Waals surface area contributed by atoms with Crippen molar-refractivity contribution in [3.63, 3.8) is 0 Å². The normalized spacial score (nSPS) is 10.5. The maximum absolute atomic E-state index is 12.4. The number of benzene rings is 3. The lowest BCUT2D eigenvalue weighted by Gasteiger charge is -2.10. The molecule has 33 heavy (non-hydrogen) atoms. The molecular weight excluding hydrogens is 514 g/mol. The number of nitrogens with one attached hydrogen (secondary N) is 2. The van der Waals surface area contributed by atoms with E-state index in [9.17, 15) is 14.4 Å². The van der Waals surface area contributed by atoms with Gasteiger partial charge in [-0.25, -0.2) is 10.2 Å². The van der Waals surface area contributed by atoms with Crippen molar-refractivity contribution in [2.45, 2.75) is 0 Å². The zero-order valence-corrected chi connectivity index (χ0v) is 19.5. The maximum atomic E-state index is 12.4. The van der Waals surface area contributed by atoms with Crippen LogP contribution in [0, 0.1) is 0 Å². The first-order chi connectivity index (χ1) is 15.9. The maximum Gasteiger partial charge on any atom is 0.344 e. The highest BCUT2D eigenvalue weighted by atomic mass is 79.9. The molecule has 8 nitrogen and oxygen atoms in total. The SMILES string of the molecule is COc1cc(/C=N/NC(=O)C(=O)Nc2cccc(Cl)c2)ccc1OC(=O)c1ccccc1Br. The second-order valence-electron chi connectivity index (χ2n) is 6.44. The Labute approximate surface area is 202 Å². The number of methoxy groups -OCH3 is 1. The standard InChI is InChI=1S/C23H17BrClN3O5/c1-32-20-11-14(9-10-19(20)33-23(31)17-7-2-3-8-18(17)24)13-26-28-22(30)21(29)27-16-6-4-5-15(25)12-16/h2-13H,1H3,(H,27,29)(H,28,30)/b26-13+. The Balaban J connectivity index is 1.62. The second-order valence-corrected chi connectivity index (χ2v) is 7.73. The van der Waals surface area contributed by atoms with Crippen molar-refractivity contribution in [1.82, 2.24) is 5.43 Å². The highest BCUT2D eigenvalue weighted by Gasteiger charge is 2.15. The minimum atomic E-state index is -0.961. The summed E-state index contributed by atoms with van der Waals surface area (Å²) in [6.45, 7) is 0. The molecule has 2 N–H and O–H groups in total. The third-order valence-electron chi connectivity index (χ3n) is 4.15. The van der Waals surface area contributed by atoms with Crippen molar-refractivity contribution in [1.29, 1.82) is 0 Å². The van der Waals surface area contributed by atoms with Gasteiger partial charge in [0.15, 0.2) is 11.5 Å². The summed E-state index contributed by atoms with van der Waals surface area (Å²) in [7, 11) is 1.42. The van der Waals surface area contributed by atoms with Gasteiger partial charge in [0.1, 0.15) is 0 Å². The molecule has 168 valence electrons. The van der Waals surface area contributed by atoms with Crippen molar-refractivity contribution in [3.8, 4) is 11.5 Å². The number of ether oxygens (including phenoxy) is 2. The van der Waals surface area contributed by atoms with Crippen LogP contribution in [-0.2, 0) is 9.59 Å². The number of esters is 1. The van der Waals surface area contributed by atoms with Crippen molar-refractivity contribution >= 4 is 57.2 Å². The largest absolute Gasteiger partial charge is 0.493 e. The van der Waals surface area contributed by atoms with Crippen LogP contribution < -0.4 is 20.2 Å². The second kappa shape index (κ2) is 11.3. The minimum Gasteiger partial charge on any atom is -0.493 e. The number of halogens is 2. The number of rotatable bonds is 6. The Bertz CT molecular complexity index is 1230. The van der Waals surface area contributed by atoms with Gasteiger partial charge in [-0.1, -0.05) is 29.8 Å². The van der Waals surface area contributed by atoms with Gasteiger partial charge in [0, 0.05) is 15.2 Å². The summed E-state index contributed by atoms with van der Waals surface area (Å²) in [4.78, 5) is 36.3. The first kappa shape index (κ1) is 24.0. The number of carbonyl (C=O) groups excluding carboxylic acids is 3. The summed E-state index contributed by atoms with van der Waals surface area (Å²) in [5, 5.41) is 6.60. The van der Waals surface area contributed by atoms with Crippen molar-refractivity contribution < 1.29 is 23.9 Å². The van der Waals surface area contributed by atoms with Crippen molar-refractivity contribution in [3.05, 3.63) is 87.4 Å². The zero-order valence-electron chi connectivity index (χ0n) is 17.2. The summed E-state index contributed by atoms with van der Waals surface area (Å²) in [5.41, 5.74) is 3.41. The van der Waals surface area contributed by atoms with Gasteiger partial charge < -0.3 is 14.8 Å². The van der Waals surface area contributed by atoms with E-state index in [1.165, 1.54) is 25.5 Å². The molecule has 0 heterocycles. The molecule has 0 saturated carbocycles. The Morgan fingerprint density at radius 3 is 2.48 bits per heavy atom. The number of hydrogen-bond donors (Lipinski definition) is 2. The van der Waals surface area contributed by atoms with Crippen LogP contribution in [0.2, 0.25) is 5.02 Å². The van der Waals surface area contributed by atoms with E-state index in [2.05, 4.69) is 31.8 Å². The van der Waals surface area contributed by atoms with Gasteiger partial charge in [-0.15, -0.1) is 0 Å². The lowest BCUT2D eigenvalue weighted by atomic mass is 10.2. The molecule has 0 unspecified atom stereocenters. The molecule has 0 aromatic heterocycles. The first-order valence-corrected chi connectivity index (χ1v) is 10.6. The van der Waals surface area contributed by atoms with E-state index in [1.54, 1.807) is 54.6 Å². The van der Waals surface area contributed by atoms with Gasteiger partial charge in [0.25, 0.3) is 0 Å². The van der Waals surface area contributed by atoms with Gasteiger partial charge in [0.05, 0.1) is 18.9 Å². The predicted molar refractivity (Wildman–Crippen MR) is 128 cm³/mol. The number of amides is 2. The fraction of sp³-hybridized carbons (Fsp3) is 0.0435. The molecule has 0 bridgehead atoms. The Morgan fingerprint density at radius 2 is 1.76 bits per heavy atom. The predicted octanol–water partition coefficient (Wildman–Crippen LogP) is 4.42. The van der Waals surface area contributed by atoms with Gasteiger partial charge in [-0.05, 0) is 70.0 Å². The molecule has 0 atom stereocenters. The molecule has 2 amide bonds. The molecule has 0 radical (unpaired) electrons. The molecule has 0 spiro atoms.